The second kappa shape index (κ2) is 8.17. The zero-order valence-electron chi connectivity index (χ0n) is 13.6. The summed E-state index contributed by atoms with van der Waals surface area (Å²) in [5, 5.41) is 3.39. The molecule has 22 heavy (non-hydrogen) atoms. The van der Waals surface area contributed by atoms with Gasteiger partial charge < -0.3 is 15.0 Å². The molecule has 0 spiro atoms. The molecule has 1 atom stereocenters. The lowest BCUT2D eigenvalue weighted by Crippen LogP contribution is -2.48. The van der Waals surface area contributed by atoms with Gasteiger partial charge in [-0.05, 0) is 38.8 Å². The van der Waals surface area contributed by atoms with E-state index in [0.717, 1.165) is 31.9 Å². The summed E-state index contributed by atoms with van der Waals surface area (Å²) in [6.45, 7) is 6.78. The zero-order chi connectivity index (χ0) is 15.9. The summed E-state index contributed by atoms with van der Waals surface area (Å²) < 4.78 is 5.15. The number of esters is 1. The van der Waals surface area contributed by atoms with Crippen molar-refractivity contribution in [2.24, 2.45) is 10.9 Å². The van der Waals surface area contributed by atoms with Crippen molar-refractivity contribution >= 4 is 23.3 Å². The lowest BCUT2D eigenvalue weighted by Gasteiger charge is -2.33. The fourth-order valence-electron chi connectivity index (χ4n) is 2.70. The number of nitrogens with one attached hydrogen (secondary N) is 1. The van der Waals surface area contributed by atoms with Crippen LogP contribution in [-0.2, 0) is 16.1 Å². The first-order chi connectivity index (χ1) is 10.6. The van der Waals surface area contributed by atoms with Crippen LogP contribution in [0.4, 0.5) is 0 Å². The largest absolute Gasteiger partial charge is 0.466 e. The molecule has 1 aliphatic heterocycles. The highest BCUT2D eigenvalue weighted by Crippen LogP contribution is 2.19. The molecule has 1 aromatic heterocycles. The lowest BCUT2D eigenvalue weighted by atomic mass is 9.98. The van der Waals surface area contributed by atoms with E-state index in [0.29, 0.717) is 13.2 Å². The number of aryl methyl sites for hydroxylation is 1. The number of piperidine rings is 1. The Morgan fingerprint density at radius 2 is 2.36 bits per heavy atom. The number of rotatable bonds is 4. The quantitative estimate of drug-likeness (QED) is 0.525. The van der Waals surface area contributed by atoms with Gasteiger partial charge in [-0.15, -0.1) is 11.3 Å². The first kappa shape index (κ1) is 16.8. The normalized spacial score (nSPS) is 19.1. The summed E-state index contributed by atoms with van der Waals surface area (Å²) in [5.74, 6) is 0.729. The molecule has 1 aromatic rings. The maximum atomic E-state index is 11.9. The van der Waals surface area contributed by atoms with Crippen LogP contribution >= 0.6 is 11.3 Å². The minimum Gasteiger partial charge on any atom is -0.466 e. The van der Waals surface area contributed by atoms with Gasteiger partial charge in [0.1, 0.15) is 0 Å². The molecule has 0 radical (unpaired) electrons. The van der Waals surface area contributed by atoms with Gasteiger partial charge in [-0.2, -0.15) is 0 Å². The number of aliphatic imine (C=N–C) groups is 1. The van der Waals surface area contributed by atoms with Crippen LogP contribution in [0.2, 0.25) is 0 Å². The van der Waals surface area contributed by atoms with Gasteiger partial charge in [-0.25, -0.2) is 0 Å². The number of thiophene rings is 1. The maximum Gasteiger partial charge on any atom is 0.310 e. The number of nitrogens with zero attached hydrogens (tertiary/aromatic N) is 2. The molecule has 0 saturated carbocycles. The van der Waals surface area contributed by atoms with Gasteiger partial charge >= 0.3 is 5.97 Å². The maximum absolute atomic E-state index is 11.9. The molecule has 1 N–H and O–H groups in total. The second-order valence-corrected chi connectivity index (χ2v) is 6.82. The Morgan fingerprint density at radius 1 is 1.55 bits per heavy atom. The Balaban J connectivity index is 1.91. The van der Waals surface area contributed by atoms with Gasteiger partial charge in [0.15, 0.2) is 5.96 Å². The van der Waals surface area contributed by atoms with Crippen molar-refractivity contribution in [3.63, 3.8) is 0 Å². The monoisotopic (exact) mass is 323 g/mol. The molecule has 0 amide bonds. The van der Waals surface area contributed by atoms with Gasteiger partial charge in [0.05, 0.1) is 19.1 Å². The van der Waals surface area contributed by atoms with Gasteiger partial charge in [0.25, 0.3) is 0 Å². The number of hydrogen-bond donors (Lipinski definition) is 1. The number of hydrogen-bond acceptors (Lipinski definition) is 4. The lowest BCUT2D eigenvalue weighted by molar-refractivity contribution is -0.149. The Kier molecular flexibility index (Phi) is 6.24. The van der Waals surface area contributed by atoms with E-state index in [9.17, 15) is 4.79 Å². The molecular weight excluding hydrogens is 298 g/mol. The molecule has 2 heterocycles. The summed E-state index contributed by atoms with van der Waals surface area (Å²) in [6, 6.07) is 4.26. The first-order valence-electron chi connectivity index (χ1n) is 7.81. The van der Waals surface area contributed by atoms with Crippen molar-refractivity contribution < 1.29 is 9.53 Å². The van der Waals surface area contributed by atoms with Crippen LogP contribution in [-0.4, -0.2) is 43.6 Å². The second-order valence-electron chi connectivity index (χ2n) is 5.45. The van der Waals surface area contributed by atoms with Crippen molar-refractivity contribution in [1.82, 2.24) is 10.2 Å². The number of ether oxygens (including phenoxy) is 1. The SMILES string of the molecule is CCOC(=O)[C@H]1CCCN(C(=NC)NCc2ccc(C)s2)C1. The van der Waals surface area contributed by atoms with Crippen molar-refractivity contribution in [3.05, 3.63) is 21.9 Å². The van der Waals surface area contributed by atoms with E-state index in [2.05, 4.69) is 34.3 Å². The molecule has 1 fully saturated rings. The van der Waals surface area contributed by atoms with Crippen molar-refractivity contribution in [1.29, 1.82) is 0 Å². The Labute approximate surface area is 136 Å². The van der Waals surface area contributed by atoms with Crippen LogP contribution < -0.4 is 5.32 Å². The third-order valence-corrected chi connectivity index (χ3v) is 4.77. The average Bonchev–Trinajstić information content (AvgIpc) is 2.94. The minimum absolute atomic E-state index is 0.0452. The Hall–Kier alpha value is -1.56. The third kappa shape index (κ3) is 4.47. The highest BCUT2D eigenvalue weighted by Gasteiger charge is 2.28. The predicted octanol–water partition coefficient (Wildman–Crippen LogP) is 2.41. The van der Waals surface area contributed by atoms with Crippen LogP contribution in [0.3, 0.4) is 0 Å². The fourth-order valence-corrected chi connectivity index (χ4v) is 3.53. The number of carbonyl (C=O) groups excluding carboxylic acids is 1. The van der Waals surface area contributed by atoms with Crippen LogP contribution in [0, 0.1) is 12.8 Å². The molecular formula is C16H25N3O2S. The van der Waals surface area contributed by atoms with E-state index in [-0.39, 0.29) is 11.9 Å². The van der Waals surface area contributed by atoms with E-state index in [1.807, 2.05) is 6.92 Å². The van der Waals surface area contributed by atoms with Crippen molar-refractivity contribution in [2.45, 2.75) is 33.2 Å². The van der Waals surface area contributed by atoms with Gasteiger partial charge in [0, 0.05) is 29.9 Å². The summed E-state index contributed by atoms with van der Waals surface area (Å²) in [4.78, 5) is 21.0. The number of likely N-dealkylation sites (tertiary alicyclic amines) is 1. The van der Waals surface area contributed by atoms with Crippen molar-refractivity contribution in [2.75, 3.05) is 26.7 Å². The molecule has 0 unspecified atom stereocenters. The van der Waals surface area contributed by atoms with Gasteiger partial charge in [-0.1, -0.05) is 0 Å². The molecule has 0 aliphatic carbocycles. The number of carbonyl (C=O) groups is 1. The average molecular weight is 323 g/mol. The van der Waals surface area contributed by atoms with E-state index in [1.165, 1.54) is 9.75 Å². The van der Waals surface area contributed by atoms with E-state index < -0.39 is 0 Å². The summed E-state index contributed by atoms with van der Waals surface area (Å²) in [7, 11) is 1.79. The van der Waals surface area contributed by atoms with E-state index in [1.54, 1.807) is 18.4 Å². The minimum atomic E-state index is -0.0865. The Bertz CT molecular complexity index is 527. The highest BCUT2D eigenvalue weighted by molar-refractivity contribution is 7.11. The third-order valence-electron chi connectivity index (χ3n) is 3.77. The summed E-state index contributed by atoms with van der Waals surface area (Å²) in [5.41, 5.74) is 0. The molecule has 6 heteroatoms. The van der Waals surface area contributed by atoms with Gasteiger partial charge in [0.2, 0.25) is 0 Å². The molecule has 0 bridgehead atoms. The predicted molar refractivity (Wildman–Crippen MR) is 90.2 cm³/mol. The van der Waals surface area contributed by atoms with Crippen LogP contribution in [0.5, 0.6) is 0 Å². The summed E-state index contributed by atoms with van der Waals surface area (Å²) >= 11 is 1.79. The zero-order valence-corrected chi connectivity index (χ0v) is 14.4. The molecule has 1 aliphatic rings. The van der Waals surface area contributed by atoms with Crippen LogP contribution in [0.15, 0.2) is 17.1 Å². The fraction of sp³-hybridized carbons (Fsp3) is 0.625. The topological polar surface area (TPSA) is 53.9 Å². The van der Waals surface area contributed by atoms with Gasteiger partial charge in [-0.3, -0.25) is 9.79 Å². The van der Waals surface area contributed by atoms with Crippen LogP contribution in [0.1, 0.15) is 29.5 Å². The first-order valence-corrected chi connectivity index (χ1v) is 8.63. The number of guanidine groups is 1. The van der Waals surface area contributed by atoms with E-state index >= 15 is 0 Å². The summed E-state index contributed by atoms with van der Waals surface area (Å²) in [6.07, 6.45) is 1.89. The molecule has 0 aromatic carbocycles. The molecule has 122 valence electrons. The van der Waals surface area contributed by atoms with Crippen molar-refractivity contribution in [3.8, 4) is 0 Å². The Morgan fingerprint density at radius 3 is 3.00 bits per heavy atom. The van der Waals surface area contributed by atoms with Crippen LogP contribution in [0.25, 0.3) is 0 Å². The standard InChI is InChI=1S/C16H25N3O2S/c1-4-21-15(20)13-6-5-9-19(11-13)16(17-3)18-10-14-8-7-12(2)22-14/h7-8,13H,4-6,9-11H2,1-3H3,(H,17,18)/t13-/m0/s1. The molecule has 1 saturated heterocycles. The highest BCUT2D eigenvalue weighted by atomic mass is 32.1. The molecule has 2 rings (SSSR count). The smallest absolute Gasteiger partial charge is 0.310 e. The van der Waals surface area contributed by atoms with E-state index in [4.69, 9.17) is 4.74 Å². The molecule has 5 nitrogen and oxygen atoms in total.